The van der Waals surface area contributed by atoms with E-state index in [9.17, 15) is 9.59 Å². The molecule has 5 nitrogen and oxygen atoms in total. The summed E-state index contributed by atoms with van der Waals surface area (Å²) in [6.45, 7) is 7.55. The van der Waals surface area contributed by atoms with Crippen LogP contribution in [0.4, 0.5) is 0 Å². The van der Waals surface area contributed by atoms with E-state index in [4.69, 9.17) is 10.5 Å². The summed E-state index contributed by atoms with van der Waals surface area (Å²) in [5, 5.41) is 0. The van der Waals surface area contributed by atoms with Crippen LogP contribution in [-0.4, -0.2) is 34.9 Å². The van der Waals surface area contributed by atoms with Crippen molar-refractivity contribution in [2.24, 2.45) is 5.73 Å². The highest BCUT2D eigenvalue weighted by atomic mass is 16.5. The average molecular weight is 328 g/mol. The highest BCUT2D eigenvalue weighted by Crippen LogP contribution is 2.27. The lowest BCUT2D eigenvalue weighted by molar-refractivity contribution is -0.155. The van der Waals surface area contributed by atoms with Crippen molar-refractivity contribution in [3.05, 3.63) is 61.2 Å². The summed E-state index contributed by atoms with van der Waals surface area (Å²) in [5.74, 6) is -0.665. The largest absolute Gasteiger partial charge is 0.459 e. The van der Waals surface area contributed by atoms with E-state index in [0.717, 1.165) is 5.56 Å². The minimum atomic E-state index is -0.701. The van der Waals surface area contributed by atoms with Crippen LogP contribution >= 0.6 is 0 Å². The number of benzene rings is 1. The average Bonchev–Trinajstić information content (AvgIpc) is 3.04. The van der Waals surface area contributed by atoms with Gasteiger partial charge in [-0.15, -0.1) is 13.2 Å². The molecule has 1 saturated heterocycles. The van der Waals surface area contributed by atoms with Crippen molar-refractivity contribution in [1.29, 1.82) is 0 Å². The normalized spacial score (nSPS) is 21.1. The number of hydrogen-bond donors (Lipinski definition) is 1. The van der Waals surface area contributed by atoms with Gasteiger partial charge >= 0.3 is 5.97 Å². The fraction of sp³-hybridized carbons (Fsp3) is 0.368. The number of nitrogens with two attached hydrogens (primary N) is 1. The number of rotatable bonds is 7. The lowest BCUT2D eigenvalue weighted by Gasteiger charge is -2.29. The molecule has 1 aromatic rings. The van der Waals surface area contributed by atoms with Crippen LogP contribution in [0.2, 0.25) is 0 Å². The molecule has 3 atom stereocenters. The van der Waals surface area contributed by atoms with E-state index in [2.05, 4.69) is 13.2 Å². The second kappa shape index (κ2) is 8.45. The number of carbonyl (C=O) groups excluding carboxylic acids is 2. The quantitative estimate of drug-likeness (QED) is 0.615. The predicted molar refractivity (Wildman–Crippen MR) is 92.9 cm³/mol. The number of ether oxygens (including phenoxy) is 1. The van der Waals surface area contributed by atoms with Gasteiger partial charge in [-0.3, -0.25) is 4.79 Å². The van der Waals surface area contributed by atoms with Crippen molar-refractivity contribution in [3.63, 3.8) is 0 Å². The molecule has 0 bridgehead atoms. The summed E-state index contributed by atoms with van der Waals surface area (Å²) in [7, 11) is 0. The number of amides is 1. The molecule has 5 heteroatoms. The Hall–Kier alpha value is -2.40. The first-order valence-electron chi connectivity index (χ1n) is 8.10. The second-order valence-corrected chi connectivity index (χ2v) is 5.87. The molecule has 128 valence electrons. The Morgan fingerprint density at radius 2 is 2.00 bits per heavy atom. The Labute approximate surface area is 142 Å². The van der Waals surface area contributed by atoms with Crippen molar-refractivity contribution in [2.75, 3.05) is 0 Å². The summed E-state index contributed by atoms with van der Waals surface area (Å²) in [6.07, 6.45) is 4.89. The number of carbonyl (C=O) groups is 2. The molecule has 2 N–H and O–H groups in total. The van der Waals surface area contributed by atoms with E-state index < -0.39 is 18.1 Å². The lowest BCUT2D eigenvalue weighted by atomic mass is 10.1. The Morgan fingerprint density at radius 1 is 1.29 bits per heavy atom. The summed E-state index contributed by atoms with van der Waals surface area (Å²) in [5.41, 5.74) is 6.81. The predicted octanol–water partition coefficient (Wildman–Crippen LogP) is 2.18. The van der Waals surface area contributed by atoms with Crippen molar-refractivity contribution in [3.8, 4) is 0 Å². The van der Waals surface area contributed by atoms with Gasteiger partial charge in [-0.05, 0) is 24.8 Å². The third kappa shape index (κ3) is 4.11. The highest BCUT2D eigenvalue weighted by Gasteiger charge is 2.41. The third-order valence-electron chi connectivity index (χ3n) is 4.19. The zero-order valence-electron chi connectivity index (χ0n) is 13.8. The molecule has 1 unspecified atom stereocenters. The smallest absolute Gasteiger partial charge is 0.329 e. The van der Waals surface area contributed by atoms with Gasteiger partial charge < -0.3 is 15.4 Å². The van der Waals surface area contributed by atoms with Crippen LogP contribution in [0.25, 0.3) is 0 Å². The Balaban J connectivity index is 2.05. The van der Waals surface area contributed by atoms with E-state index in [1.165, 1.54) is 4.90 Å². The maximum atomic E-state index is 12.6. The molecule has 1 aliphatic heterocycles. The molecule has 24 heavy (non-hydrogen) atoms. The fourth-order valence-corrected chi connectivity index (χ4v) is 2.91. The van der Waals surface area contributed by atoms with E-state index in [1.807, 2.05) is 30.3 Å². The first-order valence-corrected chi connectivity index (χ1v) is 8.10. The molecule has 1 aliphatic rings. The molecule has 0 radical (unpaired) electrons. The van der Waals surface area contributed by atoms with Crippen LogP contribution in [0.1, 0.15) is 24.8 Å². The van der Waals surface area contributed by atoms with Crippen molar-refractivity contribution >= 4 is 11.9 Å². The monoisotopic (exact) mass is 328 g/mol. The summed E-state index contributed by atoms with van der Waals surface area (Å²) in [6, 6.07) is 7.94. The van der Waals surface area contributed by atoms with Gasteiger partial charge in [0, 0.05) is 0 Å². The minimum Gasteiger partial charge on any atom is -0.459 e. The molecule has 0 saturated carbocycles. The van der Waals surface area contributed by atoms with Crippen molar-refractivity contribution in [1.82, 2.24) is 4.90 Å². The van der Waals surface area contributed by atoms with Crippen LogP contribution < -0.4 is 5.73 Å². The van der Waals surface area contributed by atoms with E-state index >= 15 is 0 Å². The SMILES string of the molecule is C=CC[C@H](N)C(=O)N1C(C=C)CC[C@H]1C(=O)OCc1ccccc1. The van der Waals surface area contributed by atoms with Crippen LogP contribution in [0.3, 0.4) is 0 Å². The number of esters is 1. The van der Waals surface area contributed by atoms with Crippen molar-refractivity contribution < 1.29 is 14.3 Å². The van der Waals surface area contributed by atoms with E-state index in [0.29, 0.717) is 19.3 Å². The standard InChI is InChI=1S/C19H24N2O3/c1-3-8-16(20)18(22)21-15(4-2)11-12-17(21)19(23)24-13-14-9-6-5-7-10-14/h3-7,9-10,15-17H,1-2,8,11-13,20H2/t15?,16-,17-/m0/s1. The zero-order valence-corrected chi connectivity index (χ0v) is 13.8. The Bertz CT molecular complexity index is 600. The Morgan fingerprint density at radius 3 is 2.62 bits per heavy atom. The van der Waals surface area contributed by atoms with Gasteiger partial charge in [-0.2, -0.15) is 0 Å². The lowest BCUT2D eigenvalue weighted by Crippen LogP contribution is -2.51. The first-order chi connectivity index (χ1) is 11.6. The maximum Gasteiger partial charge on any atom is 0.329 e. The molecular formula is C19H24N2O3. The van der Waals surface area contributed by atoms with E-state index in [1.54, 1.807) is 12.2 Å². The summed E-state index contributed by atoms with van der Waals surface area (Å²) >= 11 is 0. The van der Waals surface area contributed by atoms with Gasteiger partial charge in [-0.25, -0.2) is 4.79 Å². The van der Waals surface area contributed by atoms with Crippen LogP contribution in [-0.2, 0) is 20.9 Å². The third-order valence-corrected chi connectivity index (χ3v) is 4.19. The molecule has 1 amide bonds. The second-order valence-electron chi connectivity index (χ2n) is 5.87. The maximum absolute atomic E-state index is 12.6. The summed E-state index contributed by atoms with van der Waals surface area (Å²) in [4.78, 5) is 26.6. The first kappa shape index (κ1) is 17.9. The number of likely N-dealkylation sites (tertiary alicyclic amines) is 1. The number of nitrogens with zero attached hydrogens (tertiary/aromatic N) is 1. The topological polar surface area (TPSA) is 72.6 Å². The molecule has 1 heterocycles. The fourth-order valence-electron chi connectivity index (χ4n) is 2.91. The highest BCUT2D eigenvalue weighted by molar-refractivity contribution is 5.88. The van der Waals surface area contributed by atoms with Crippen LogP contribution in [0.5, 0.6) is 0 Å². The van der Waals surface area contributed by atoms with Crippen molar-refractivity contribution in [2.45, 2.75) is 44.0 Å². The molecular weight excluding hydrogens is 304 g/mol. The van der Waals surface area contributed by atoms with Gasteiger partial charge in [-0.1, -0.05) is 42.5 Å². The van der Waals surface area contributed by atoms with E-state index in [-0.39, 0.29) is 18.6 Å². The molecule has 0 spiro atoms. The number of hydrogen-bond acceptors (Lipinski definition) is 4. The van der Waals surface area contributed by atoms with Gasteiger partial charge in [0.1, 0.15) is 12.6 Å². The van der Waals surface area contributed by atoms with Gasteiger partial charge in [0.15, 0.2) is 0 Å². The minimum absolute atomic E-state index is 0.190. The van der Waals surface area contributed by atoms with Crippen LogP contribution in [0.15, 0.2) is 55.6 Å². The Kier molecular flexibility index (Phi) is 6.32. The molecule has 2 rings (SSSR count). The zero-order chi connectivity index (χ0) is 17.5. The van der Waals surface area contributed by atoms with Crippen LogP contribution in [0, 0.1) is 0 Å². The molecule has 1 fully saturated rings. The summed E-state index contributed by atoms with van der Waals surface area (Å²) < 4.78 is 5.40. The van der Waals surface area contributed by atoms with Gasteiger partial charge in [0.25, 0.3) is 0 Å². The van der Waals surface area contributed by atoms with Gasteiger partial charge in [0.2, 0.25) is 5.91 Å². The molecule has 0 aliphatic carbocycles. The molecule has 1 aromatic carbocycles. The van der Waals surface area contributed by atoms with Gasteiger partial charge in [0.05, 0.1) is 12.1 Å². The molecule has 0 aromatic heterocycles.